The topological polar surface area (TPSA) is 72.2 Å². The number of thiazole rings is 1. The average molecular weight is 342 g/mol. The van der Waals surface area contributed by atoms with Gasteiger partial charge in [0.25, 0.3) is 5.91 Å². The highest BCUT2D eigenvalue weighted by molar-refractivity contribution is 7.09. The largest absolute Gasteiger partial charge is 0.422 e. The van der Waals surface area contributed by atoms with E-state index in [1.807, 2.05) is 11.4 Å². The Bertz CT molecular complexity index is 927. The maximum atomic E-state index is 12.2. The number of benzene rings is 1. The number of nitrogens with one attached hydrogen (secondary N) is 1. The predicted octanol–water partition coefficient (Wildman–Crippen LogP) is 3.35. The van der Waals surface area contributed by atoms with Crippen molar-refractivity contribution in [2.45, 2.75) is 26.2 Å². The van der Waals surface area contributed by atoms with Gasteiger partial charge in [0.15, 0.2) is 0 Å². The second-order valence-corrected chi connectivity index (χ2v) is 6.75. The van der Waals surface area contributed by atoms with Crippen LogP contribution in [-0.4, -0.2) is 17.4 Å². The number of amides is 1. The number of nitrogens with zero attached hydrogens (tertiary/aromatic N) is 1. The number of rotatable bonds is 5. The molecular weight excluding hydrogens is 324 g/mol. The van der Waals surface area contributed by atoms with E-state index in [2.05, 4.69) is 24.1 Å². The van der Waals surface area contributed by atoms with Crippen molar-refractivity contribution >= 4 is 28.2 Å². The van der Waals surface area contributed by atoms with Crippen molar-refractivity contribution in [3.05, 3.63) is 62.4 Å². The molecule has 3 aromatic rings. The normalized spacial score (nSPS) is 11.1. The molecular formula is C18H18N2O3S. The van der Waals surface area contributed by atoms with E-state index >= 15 is 0 Å². The van der Waals surface area contributed by atoms with Gasteiger partial charge in [0.2, 0.25) is 0 Å². The molecule has 0 bridgehead atoms. The fraction of sp³-hybridized carbons (Fsp3) is 0.278. The summed E-state index contributed by atoms with van der Waals surface area (Å²) >= 11 is 1.59. The summed E-state index contributed by atoms with van der Waals surface area (Å²) in [5, 5.41) is 6.50. The molecule has 2 aromatic heterocycles. The number of carbonyl (C=O) groups is 1. The number of carbonyl (C=O) groups excluding carboxylic acids is 1. The van der Waals surface area contributed by atoms with Crippen LogP contribution >= 0.6 is 11.3 Å². The molecule has 24 heavy (non-hydrogen) atoms. The molecule has 6 heteroatoms. The Balaban J connectivity index is 1.66. The lowest BCUT2D eigenvalue weighted by molar-refractivity contribution is 0.0950. The summed E-state index contributed by atoms with van der Waals surface area (Å²) in [6, 6.07) is 8.69. The number of aromatic nitrogens is 1. The monoisotopic (exact) mass is 342 g/mol. The van der Waals surface area contributed by atoms with Crippen molar-refractivity contribution in [3.8, 4) is 0 Å². The summed E-state index contributed by atoms with van der Waals surface area (Å²) in [4.78, 5) is 28.7. The molecule has 0 aliphatic carbocycles. The van der Waals surface area contributed by atoms with Crippen LogP contribution in [0, 0.1) is 0 Å². The molecule has 2 heterocycles. The minimum absolute atomic E-state index is 0.0238. The van der Waals surface area contributed by atoms with E-state index in [0.717, 1.165) is 16.1 Å². The van der Waals surface area contributed by atoms with Gasteiger partial charge >= 0.3 is 5.63 Å². The molecule has 1 N–H and O–H groups in total. The molecule has 0 radical (unpaired) electrons. The maximum Gasteiger partial charge on any atom is 0.349 e. The number of hydrogen-bond acceptors (Lipinski definition) is 5. The molecule has 0 spiro atoms. The number of hydrogen-bond donors (Lipinski definition) is 1. The van der Waals surface area contributed by atoms with Crippen molar-refractivity contribution < 1.29 is 9.21 Å². The molecule has 0 aliphatic rings. The first-order valence-corrected chi connectivity index (χ1v) is 8.68. The Kier molecular flexibility index (Phi) is 4.76. The zero-order chi connectivity index (χ0) is 17.1. The SMILES string of the molecule is CC(C)c1csc(CCNC(=O)c2cc3ccccc3oc2=O)n1. The van der Waals surface area contributed by atoms with Crippen molar-refractivity contribution in [3.63, 3.8) is 0 Å². The minimum Gasteiger partial charge on any atom is -0.422 e. The fourth-order valence-corrected chi connectivity index (χ4v) is 3.26. The zero-order valence-corrected chi connectivity index (χ0v) is 14.4. The minimum atomic E-state index is -0.623. The van der Waals surface area contributed by atoms with Crippen molar-refractivity contribution in [1.29, 1.82) is 0 Å². The Morgan fingerprint density at radius 1 is 1.33 bits per heavy atom. The summed E-state index contributed by atoms with van der Waals surface area (Å²) < 4.78 is 5.18. The van der Waals surface area contributed by atoms with Crippen LogP contribution in [0.3, 0.4) is 0 Å². The number of para-hydroxylation sites is 1. The van der Waals surface area contributed by atoms with E-state index in [1.165, 1.54) is 0 Å². The first-order chi connectivity index (χ1) is 11.5. The molecule has 0 aliphatic heterocycles. The van der Waals surface area contributed by atoms with Crippen LogP contribution in [0.15, 0.2) is 44.9 Å². The first-order valence-electron chi connectivity index (χ1n) is 7.80. The van der Waals surface area contributed by atoms with E-state index in [0.29, 0.717) is 24.5 Å². The molecule has 1 amide bonds. The average Bonchev–Trinajstić information content (AvgIpc) is 3.03. The Hall–Kier alpha value is -2.47. The molecule has 0 atom stereocenters. The van der Waals surface area contributed by atoms with Crippen LogP contribution in [-0.2, 0) is 6.42 Å². The highest BCUT2D eigenvalue weighted by Gasteiger charge is 2.13. The third-order valence-electron chi connectivity index (χ3n) is 3.67. The Morgan fingerprint density at radius 2 is 2.12 bits per heavy atom. The van der Waals surface area contributed by atoms with E-state index in [-0.39, 0.29) is 5.56 Å². The van der Waals surface area contributed by atoms with Gasteiger partial charge in [-0.3, -0.25) is 4.79 Å². The van der Waals surface area contributed by atoms with Crippen LogP contribution in [0.25, 0.3) is 11.0 Å². The number of fused-ring (bicyclic) bond motifs is 1. The lowest BCUT2D eigenvalue weighted by Crippen LogP contribution is -2.29. The first kappa shape index (κ1) is 16.4. The Labute approximate surface area is 143 Å². The van der Waals surface area contributed by atoms with Gasteiger partial charge in [0.05, 0.1) is 10.7 Å². The quantitative estimate of drug-likeness (QED) is 0.722. The molecule has 0 fully saturated rings. The van der Waals surface area contributed by atoms with Gasteiger partial charge in [0, 0.05) is 23.7 Å². The molecule has 0 saturated carbocycles. The maximum absolute atomic E-state index is 12.2. The fourth-order valence-electron chi connectivity index (χ4n) is 2.30. The molecule has 124 valence electrons. The van der Waals surface area contributed by atoms with Gasteiger partial charge in [-0.1, -0.05) is 32.0 Å². The second-order valence-electron chi connectivity index (χ2n) is 5.81. The standard InChI is InChI=1S/C18H18N2O3S/c1-11(2)14-10-24-16(20-14)7-8-19-17(21)13-9-12-5-3-4-6-15(12)23-18(13)22/h3-6,9-11H,7-8H2,1-2H3,(H,19,21). The van der Waals surface area contributed by atoms with E-state index in [9.17, 15) is 9.59 Å². The molecule has 3 rings (SSSR count). The lowest BCUT2D eigenvalue weighted by atomic mass is 10.2. The molecule has 5 nitrogen and oxygen atoms in total. The highest BCUT2D eigenvalue weighted by atomic mass is 32.1. The predicted molar refractivity (Wildman–Crippen MR) is 94.7 cm³/mol. The van der Waals surface area contributed by atoms with E-state index in [1.54, 1.807) is 35.6 Å². The third kappa shape index (κ3) is 3.54. The molecule has 0 saturated heterocycles. The Morgan fingerprint density at radius 3 is 2.88 bits per heavy atom. The van der Waals surface area contributed by atoms with Gasteiger partial charge in [-0.2, -0.15) is 0 Å². The summed E-state index contributed by atoms with van der Waals surface area (Å²) in [5.74, 6) is -0.0260. The van der Waals surface area contributed by atoms with Crippen LogP contribution in [0.1, 0.15) is 40.8 Å². The van der Waals surface area contributed by atoms with Crippen LogP contribution in [0.5, 0.6) is 0 Å². The van der Waals surface area contributed by atoms with E-state index in [4.69, 9.17) is 4.42 Å². The smallest absolute Gasteiger partial charge is 0.349 e. The van der Waals surface area contributed by atoms with Crippen LogP contribution in [0.2, 0.25) is 0 Å². The second kappa shape index (κ2) is 6.97. The van der Waals surface area contributed by atoms with Crippen LogP contribution < -0.4 is 10.9 Å². The third-order valence-corrected chi connectivity index (χ3v) is 4.60. The van der Waals surface area contributed by atoms with Gasteiger partial charge in [-0.25, -0.2) is 9.78 Å². The summed E-state index contributed by atoms with van der Waals surface area (Å²) in [7, 11) is 0. The van der Waals surface area contributed by atoms with Gasteiger partial charge in [-0.15, -0.1) is 11.3 Å². The highest BCUT2D eigenvalue weighted by Crippen LogP contribution is 2.18. The summed E-state index contributed by atoms with van der Waals surface area (Å²) in [6.07, 6.45) is 0.641. The van der Waals surface area contributed by atoms with Gasteiger partial charge in [0.1, 0.15) is 11.1 Å². The van der Waals surface area contributed by atoms with Crippen molar-refractivity contribution in [2.24, 2.45) is 0 Å². The molecule has 0 unspecified atom stereocenters. The van der Waals surface area contributed by atoms with Crippen molar-refractivity contribution in [2.75, 3.05) is 6.54 Å². The summed E-state index contributed by atoms with van der Waals surface area (Å²) in [5.41, 5.74) is 0.942. The molecule has 1 aromatic carbocycles. The van der Waals surface area contributed by atoms with Crippen molar-refractivity contribution in [1.82, 2.24) is 10.3 Å². The van der Waals surface area contributed by atoms with Crippen LogP contribution in [0.4, 0.5) is 0 Å². The van der Waals surface area contributed by atoms with Gasteiger partial charge in [-0.05, 0) is 18.1 Å². The van der Waals surface area contributed by atoms with E-state index < -0.39 is 11.5 Å². The van der Waals surface area contributed by atoms with Gasteiger partial charge < -0.3 is 9.73 Å². The zero-order valence-electron chi connectivity index (χ0n) is 13.5. The summed E-state index contributed by atoms with van der Waals surface area (Å²) in [6.45, 7) is 4.62. The lowest BCUT2D eigenvalue weighted by Gasteiger charge is -2.04.